The monoisotopic (exact) mass is 447 g/mol. The summed E-state index contributed by atoms with van der Waals surface area (Å²) in [4.78, 5) is 16.1. The molecule has 4 aromatic rings. The van der Waals surface area contributed by atoms with Crippen LogP contribution in [0.4, 0.5) is 0 Å². The summed E-state index contributed by atoms with van der Waals surface area (Å²) in [6.07, 6.45) is 2.70. The van der Waals surface area contributed by atoms with Gasteiger partial charge in [-0.3, -0.25) is 4.79 Å². The van der Waals surface area contributed by atoms with Gasteiger partial charge in [0, 0.05) is 35.2 Å². The van der Waals surface area contributed by atoms with E-state index in [0.29, 0.717) is 5.56 Å². The third-order valence-corrected chi connectivity index (χ3v) is 6.73. The molecular weight excluding hydrogens is 422 g/mol. The van der Waals surface area contributed by atoms with Gasteiger partial charge in [-0.1, -0.05) is 48.5 Å². The fraction of sp³-hybridized carbons (Fsp3) is 0.160. The Morgan fingerprint density at radius 1 is 0.938 bits per heavy atom. The zero-order chi connectivity index (χ0) is 22.6. The third kappa shape index (κ3) is 5.07. The van der Waals surface area contributed by atoms with E-state index in [0.717, 1.165) is 28.5 Å². The molecule has 1 atom stereocenters. The highest BCUT2D eigenvalue weighted by atomic mass is 32.2. The van der Waals surface area contributed by atoms with Crippen molar-refractivity contribution < 1.29 is 13.2 Å². The number of para-hydroxylation sites is 1. The van der Waals surface area contributed by atoms with Gasteiger partial charge in [-0.2, -0.15) is 0 Å². The Kier molecular flexibility index (Phi) is 6.39. The summed E-state index contributed by atoms with van der Waals surface area (Å²) >= 11 is 0. The van der Waals surface area contributed by atoms with Gasteiger partial charge in [-0.15, -0.1) is 0 Å². The Bertz CT molecular complexity index is 1310. The number of carbonyl (C=O) groups is 1. The molecule has 0 radical (unpaired) electrons. The molecule has 1 heterocycles. The third-order valence-electron chi connectivity index (χ3n) is 5.31. The molecule has 3 aromatic carbocycles. The van der Waals surface area contributed by atoms with Gasteiger partial charge in [0.25, 0.3) is 5.91 Å². The average Bonchev–Trinajstić information content (AvgIpc) is 3.21. The van der Waals surface area contributed by atoms with Crippen LogP contribution in [0.1, 0.15) is 28.4 Å². The number of H-pyrrole nitrogens is 1. The largest absolute Gasteiger partial charge is 0.361 e. The molecule has 32 heavy (non-hydrogen) atoms. The van der Waals surface area contributed by atoms with E-state index < -0.39 is 10.0 Å². The first-order valence-corrected chi connectivity index (χ1v) is 11.9. The van der Waals surface area contributed by atoms with Gasteiger partial charge in [-0.25, -0.2) is 13.1 Å². The molecule has 1 unspecified atom stereocenters. The lowest BCUT2D eigenvalue weighted by Crippen LogP contribution is -2.34. The zero-order valence-electron chi connectivity index (χ0n) is 17.7. The van der Waals surface area contributed by atoms with Crippen molar-refractivity contribution in [3.05, 3.63) is 102 Å². The van der Waals surface area contributed by atoms with E-state index in [1.54, 1.807) is 54.6 Å². The van der Waals surface area contributed by atoms with Gasteiger partial charge in [0.2, 0.25) is 10.0 Å². The Labute approximate surface area is 187 Å². The van der Waals surface area contributed by atoms with Crippen LogP contribution in [0.25, 0.3) is 10.9 Å². The normalized spacial score (nSPS) is 12.5. The van der Waals surface area contributed by atoms with Crippen LogP contribution in [0.15, 0.2) is 90.0 Å². The summed E-state index contributed by atoms with van der Waals surface area (Å²) in [6.45, 7) is 2.13. The molecule has 0 spiro atoms. The Balaban J connectivity index is 1.33. The van der Waals surface area contributed by atoms with E-state index >= 15 is 0 Å². The van der Waals surface area contributed by atoms with E-state index in [1.807, 2.05) is 31.3 Å². The fourth-order valence-electron chi connectivity index (χ4n) is 3.62. The second-order valence-electron chi connectivity index (χ2n) is 7.77. The number of rotatable bonds is 8. The lowest BCUT2D eigenvalue weighted by Gasteiger charge is -2.14. The number of hydrogen-bond acceptors (Lipinski definition) is 3. The summed E-state index contributed by atoms with van der Waals surface area (Å²) in [7, 11) is -3.57. The van der Waals surface area contributed by atoms with Crippen molar-refractivity contribution in [1.82, 2.24) is 15.0 Å². The zero-order valence-corrected chi connectivity index (χ0v) is 18.5. The predicted octanol–water partition coefficient (Wildman–Crippen LogP) is 4.01. The Morgan fingerprint density at radius 3 is 2.38 bits per heavy atom. The Morgan fingerprint density at radius 2 is 1.62 bits per heavy atom. The summed E-state index contributed by atoms with van der Waals surface area (Å²) < 4.78 is 27.3. The maximum atomic E-state index is 12.6. The first-order valence-electron chi connectivity index (χ1n) is 10.4. The molecule has 4 rings (SSSR count). The van der Waals surface area contributed by atoms with E-state index in [9.17, 15) is 13.2 Å². The van der Waals surface area contributed by atoms with Gasteiger partial charge >= 0.3 is 0 Å². The van der Waals surface area contributed by atoms with Crippen molar-refractivity contribution in [2.75, 3.05) is 0 Å². The first-order chi connectivity index (χ1) is 15.4. The molecule has 0 fully saturated rings. The van der Waals surface area contributed by atoms with Gasteiger partial charge in [0.1, 0.15) is 0 Å². The molecule has 164 valence electrons. The van der Waals surface area contributed by atoms with Crippen LogP contribution in [0.5, 0.6) is 0 Å². The maximum absolute atomic E-state index is 12.6. The van der Waals surface area contributed by atoms with E-state index in [2.05, 4.69) is 21.1 Å². The molecule has 1 amide bonds. The molecule has 0 aliphatic heterocycles. The number of aromatic nitrogens is 1. The lowest BCUT2D eigenvalue weighted by molar-refractivity contribution is 0.0940. The van der Waals surface area contributed by atoms with E-state index in [1.165, 1.54) is 0 Å². The molecular formula is C25H25N3O3S. The number of amides is 1. The number of aromatic amines is 1. The summed E-state index contributed by atoms with van der Waals surface area (Å²) in [5, 5.41) is 4.19. The highest BCUT2D eigenvalue weighted by molar-refractivity contribution is 7.89. The van der Waals surface area contributed by atoms with Crippen LogP contribution in [0.3, 0.4) is 0 Å². The quantitative estimate of drug-likeness (QED) is 0.381. The van der Waals surface area contributed by atoms with Crippen molar-refractivity contribution in [3.8, 4) is 0 Å². The minimum absolute atomic E-state index is 0.0425. The van der Waals surface area contributed by atoms with Crippen molar-refractivity contribution in [1.29, 1.82) is 0 Å². The number of nitrogens with one attached hydrogen (secondary N) is 3. The van der Waals surface area contributed by atoms with Crippen molar-refractivity contribution >= 4 is 26.8 Å². The lowest BCUT2D eigenvalue weighted by atomic mass is 10.1. The van der Waals surface area contributed by atoms with Crippen LogP contribution in [-0.4, -0.2) is 25.4 Å². The fourth-order valence-corrected chi connectivity index (χ4v) is 4.66. The maximum Gasteiger partial charge on any atom is 0.251 e. The molecule has 0 aliphatic carbocycles. The number of benzene rings is 3. The van der Waals surface area contributed by atoms with Crippen LogP contribution in [0.2, 0.25) is 0 Å². The van der Waals surface area contributed by atoms with Crippen LogP contribution in [0, 0.1) is 0 Å². The van der Waals surface area contributed by atoms with Gasteiger partial charge in [0.05, 0.1) is 4.90 Å². The molecule has 1 aromatic heterocycles. The van der Waals surface area contributed by atoms with Gasteiger partial charge in [-0.05, 0) is 54.8 Å². The number of carbonyl (C=O) groups excluding carboxylic acids is 1. The minimum atomic E-state index is -3.57. The molecule has 0 aliphatic rings. The predicted molar refractivity (Wildman–Crippen MR) is 126 cm³/mol. The van der Waals surface area contributed by atoms with Crippen LogP contribution in [-0.2, 0) is 23.0 Å². The first kappa shape index (κ1) is 21.8. The van der Waals surface area contributed by atoms with Crippen molar-refractivity contribution in [2.24, 2.45) is 0 Å². The highest BCUT2D eigenvalue weighted by Crippen LogP contribution is 2.19. The van der Waals surface area contributed by atoms with E-state index in [4.69, 9.17) is 0 Å². The topological polar surface area (TPSA) is 91.1 Å². The van der Waals surface area contributed by atoms with Gasteiger partial charge in [0.15, 0.2) is 0 Å². The molecule has 0 bridgehead atoms. The number of hydrogen-bond donors (Lipinski definition) is 3. The molecule has 7 heteroatoms. The number of fused-ring (bicyclic) bond motifs is 1. The second-order valence-corrected chi connectivity index (χ2v) is 9.54. The van der Waals surface area contributed by atoms with E-state index in [-0.39, 0.29) is 23.4 Å². The average molecular weight is 448 g/mol. The summed E-state index contributed by atoms with van der Waals surface area (Å²) in [5.74, 6) is -0.159. The van der Waals surface area contributed by atoms with Crippen LogP contribution < -0.4 is 10.0 Å². The smallest absolute Gasteiger partial charge is 0.251 e. The minimum Gasteiger partial charge on any atom is -0.361 e. The van der Waals surface area contributed by atoms with Gasteiger partial charge < -0.3 is 10.3 Å². The number of sulfonamides is 1. The van der Waals surface area contributed by atoms with Crippen molar-refractivity contribution in [2.45, 2.75) is 30.8 Å². The van der Waals surface area contributed by atoms with Crippen LogP contribution >= 0.6 is 0 Å². The molecule has 6 nitrogen and oxygen atoms in total. The second kappa shape index (κ2) is 9.38. The Hall–Kier alpha value is -3.42. The standard InChI is InChI=1S/C25H25N3O3S/c1-18(15-21-17-26-24-10-6-5-9-23(21)24)28-25(29)20-13-11-19(12-14-20)16-27-32(30,31)22-7-3-2-4-8-22/h2-14,17-18,26-27H,15-16H2,1H3,(H,28,29). The molecule has 0 saturated heterocycles. The summed E-state index contributed by atoms with van der Waals surface area (Å²) in [5.41, 5.74) is 3.55. The SMILES string of the molecule is CC(Cc1c[nH]c2ccccc12)NC(=O)c1ccc(CNS(=O)(=O)c2ccccc2)cc1. The van der Waals surface area contributed by atoms with Crippen molar-refractivity contribution in [3.63, 3.8) is 0 Å². The summed E-state index contributed by atoms with van der Waals surface area (Å²) in [6, 6.07) is 23.2. The molecule has 0 saturated carbocycles. The molecule has 3 N–H and O–H groups in total. The highest BCUT2D eigenvalue weighted by Gasteiger charge is 2.14.